The zero-order valence-electron chi connectivity index (χ0n) is 9.20. The van der Waals surface area contributed by atoms with Crippen LogP contribution in [0, 0.1) is 0 Å². The van der Waals surface area contributed by atoms with E-state index in [9.17, 15) is 9.90 Å². The second-order valence-corrected chi connectivity index (χ2v) is 5.00. The molecule has 5 heteroatoms. The van der Waals surface area contributed by atoms with Gasteiger partial charge in [0.05, 0.1) is 6.10 Å². The summed E-state index contributed by atoms with van der Waals surface area (Å²) in [6.45, 7) is 0. The van der Waals surface area contributed by atoms with Crippen molar-refractivity contribution in [1.29, 1.82) is 0 Å². The highest BCUT2D eigenvalue weighted by atomic mass is 32.2. The second kappa shape index (κ2) is 5.42. The van der Waals surface area contributed by atoms with Gasteiger partial charge in [-0.3, -0.25) is 0 Å². The molecule has 1 aromatic rings. The number of para-hydroxylation sites is 1. The van der Waals surface area contributed by atoms with E-state index < -0.39 is 12.1 Å². The number of aromatic hydroxyl groups is 1. The maximum Gasteiger partial charge on any atom is 0.332 e. The summed E-state index contributed by atoms with van der Waals surface area (Å²) in [4.78, 5) is 11.5. The molecule has 1 aromatic carbocycles. The number of ether oxygens (including phenoxy) is 1. The highest BCUT2D eigenvalue weighted by Crippen LogP contribution is 2.31. The Hall–Kier alpha value is -1.20. The number of phenols is 1. The third-order valence-electron chi connectivity index (χ3n) is 2.67. The first-order valence-corrected chi connectivity index (χ1v) is 6.44. The summed E-state index contributed by atoms with van der Waals surface area (Å²) in [5.41, 5.74) is 0. The van der Waals surface area contributed by atoms with Crippen molar-refractivity contribution in [3.8, 4) is 5.75 Å². The van der Waals surface area contributed by atoms with Crippen molar-refractivity contribution in [2.24, 2.45) is 0 Å². The van der Waals surface area contributed by atoms with Crippen LogP contribution >= 0.6 is 11.8 Å². The molecular weight excluding hydrogens is 240 g/mol. The Kier molecular flexibility index (Phi) is 3.91. The molecule has 92 valence electrons. The van der Waals surface area contributed by atoms with E-state index >= 15 is 0 Å². The number of rotatable bonds is 4. The predicted octanol–water partition coefficient (Wildman–Crippen LogP) is 2.12. The van der Waals surface area contributed by atoms with E-state index in [0.29, 0.717) is 12.2 Å². The van der Waals surface area contributed by atoms with Gasteiger partial charge in [0.15, 0.2) is 6.10 Å². The summed E-state index contributed by atoms with van der Waals surface area (Å²) in [5, 5.41) is 18.4. The largest absolute Gasteiger partial charge is 0.507 e. The molecule has 0 aromatic heterocycles. The van der Waals surface area contributed by atoms with Crippen LogP contribution in [0.4, 0.5) is 0 Å². The predicted molar refractivity (Wildman–Crippen MR) is 64.4 cm³/mol. The van der Waals surface area contributed by atoms with E-state index in [4.69, 9.17) is 9.84 Å². The van der Waals surface area contributed by atoms with Gasteiger partial charge in [0.25, 0.3) is 0 Å². The molecule has 1 saturated heterocycles. The van der Waals surface area contributed by atoms with E-state index in [0.717, 1.165) is 11.3 Å². The van der Waals surface area contributed by atoms with Crippen LogP contribution < -0.4 is 0 Å². The van der Waals surface area contributed by atoms with Gasteiger partial charge in [0.1, 0.15) is 5.75 Å². The molecule has 4 nitrogen and oxygen atoms in total. The minimum Gasteiger partial charge on any atom is -0.507 e. The molecule has 1 aliphatic heterocycles. The third-order valence-corrected chi connectivity index (χ3v) is 3.87. The number of thioether (sulfide) groups is 1. The van der Waals surface area contributed by atoms with Gasteiger partial charge in [-0.15, -0.1) is 11.8 Å². The zero-order chi connectivity index (χ0) is 12.3. The van der Waals surface area contributed by atoms with Gasteiger partial charge in [-0.2, -0.15) is 0 Å². The van der Waals surface area contributed by atoms with E-state index in [-0.39, 0.29) is 11.9 Å². The highest BCUT2D eigenvalue weighted by molar-refractivity contribution is 7.99. The summed E-state index contributed by atoms with van der Waals surface area (Å²) in [6.07, 6.45) is 0.629. The van der Waals surface area contributed by atoms with Crippen LogP contribution in [0.25, 0.3) is 0 Å². The van der Waals surface area contributed by atoms with Crippen molar-refractivity contribution in [3.63, 3.8) is 0 Å². The van der Waals surface area contributed by atoms with Gasteiger partial charge >= 0.3 is 5.97 Å². The van der Waals surface area contributed by atoms with Gasteiger partial charge in [0.2, 0.25) is 0 Å². The molecule has 0 bridgehead atoms. The lowest BCUT2D eigenvalue weighted by Gasteiger charge is -2.11. The third kappa shape index (κ3) is 3.14. The minimum absolute atomic E-state index is 0.0410. The first-order chi connectivity index (χ1) is 8.16. The number of carbonyl (C=O) groups is 1. The smallest absolute Gasteiger partial charge is 0.332 e. The lowest BCUT2D eigenvalue weighted by atomic mass is 10.2. The molecule has 0 saturated carbocycles. The first kappa shape index (κ1) is 12.3. The second-order valence-electron chi connectivity index (χ2n) is 3.94. The number of carboxylic acid groups (broad SMARTS) is 1. The average Bonchev–Trinajstić information content (AvgIpc) is 2.77. The first-order valence-electron chi connectivity index (χ1n) is 5.46. The summed E-state index contributed by atoms with van der Waals surface area (Å²) >= 11 is 1.49. The molecule has 0 radical (unpaired) electrons. The number of hydrogen-bond donors (Lipinski definition) is 2. The molecule has 0 amide bonds. The normalized spacial score (nSPS) is 23.8. The van der Waals surface area contributed by atoms with Crippen molar-refractivity contribution < 1.29 is 19.7 Å². The fraction of sp³-hybridized carbons (Fsp3) is 0.417. The summed E-state index contributed by atoms with van der Waals surface area (Å²) < 4.78 is 5.38. The fourth-order valence-electron chi connectivity index (χ4n) is 1.77. The number of carboxylic acids is 1. The summed E-state index contributed by atoms with van der Waals surface area (Å²) in [7, 11) is 0. The summed E-state index contributed by atoms with van der Waals surface area (Å²) in [6, 6.07) is 7.10. The standard InChI is InChI=1S/C12H14O4S/c13-9-3-1-2-4-11(9)17-7-8-5-6-10(16-8)12(14)15/h1-4,8,10,13H,5-7H2,(H,14,15). The Morgan fingerprint density at radius 3 is 2.82 bits per heavy atom. The van der Waals surface area contributed by atoms with Crippen LogP contribution in [0.1, 0.15) is 12.8 Å². The Labute approximate surface area is 104 Å². The Morgan fingerprint density at radius 2 is 2.18 bits per heavy atom. The topological polar surface area (TPSA) is 66.8 Å². The van der Waals surface area contributed by atoms with Crippen LogP contribution in [0.2, 0.25) is 0 Å². The SMILES string of the molecule is O=C(O)C1CCC(CSc2ccccc2O)O1. The van der Waals surface area contributed by atoms with E-state index in [2.05, 4.69) is 0 Å². The lowest BCUT2D eigenvalue weighted by Crippen LogP contribution is -2.21. The van der Waals surface area contributed by atoms with Gasteiger partial charge in [-0.1, -0.05) is 12.1 Å². The molecule has 0 aliphatic carbocycles. The molecule has 1 aliphatic rings. The zero-order valence-corrected chi connectivity index (χ0v) is 10.0. The molecule has 1 fully saturated rings. The van der Waals surface area contributed by atoms with Gasteiger partial charge in [-0.25, -0.2) is 4.79 Å². The molecule has 2 unspecified atom stereocenters. The van der Waals surface area contributed by atoms with Crippen LogP contribution in [-0.2, 0) is 9.53 Å². The summed E-state index contributed by atoms with van der Waals surface area (Å²) in [5.74, 6) is 0.0341. The number of benzene rings is 1. The average molecular weight is 254 g/mol. The molecule has 2 N–H and O–H groups in total. The van der Waals surface area contributed by atoms with Gasteiger partial charge in [0, 0.05) is 10.6 Å². The Balaban J connectivity index is 1.84. The Bertz CT molecular complexity index is 407. The van der Waals surface area contributed by atoms with Crippen LogP contribution in [-0.4, -0.2) is 34.1 Å². The lowest BCUT2D eigenvalue weighted by molar-refractivity contribution is -0.148. The van der Waals surface area contributed by atoms with Crippen molar-refractivity contribution >= 4 is 17.7 Å². The molecule has 2 rings (SSSR count). The van der Waals surface area contributed by atoms with Gasteiger partial charge in [-0.05, 0) is 25.0 Å². The molecular formula is C12H14O4S. The van der Waals surface area contributed by atoms with Crippen molar-refractivity contribution in [1.82, 2.24) is 0 Å². The van der Waals surface area contributed by atoms with E-state index in [1.807, 2.05) is 12.1 Å². The maximum atomic E-state index is 10.7. The van der Waals surface area contributed by atoms with E-state index in [1.54, 1.807) is 12.1 Å². The number of aliphatic carboxylic acids is 1. The number of hydrogen-bond acceptors (Lipinski definition) is 4. The fourth-order valence-corrected chi connectivity index (χ4v) is 2.77. The quantitative estimate of drug-likeness (QED) is 0.806. The van der Waals surface area contributed by atoms with Crippen LogP contribution in [0.3, 0.4) is 0 Å². The van der Waals surface area contributed by atoms with E-state index in [1.165, 1.54) is 11.8 Å². The molecule has 0 spiro atoms. The highest BCUT2D eigenvalue weighted by Gasteiger charge is 2.30. The number of phenolic OH excluding ortho intramolecular Hbond substituents is 1. The maximum absolute atomic E-state index is 10.7. The molecule has 17 heavy (non-hydrogen) atoms. The van der Waals surface area contributed by atoms with Crippen molar-refractivity contribution in [3.05, 3.63) is 24.3 Å². The monoisotopic (exact) mass is 254 g/mol. The van der Waals surface area contributed by atoms with Crippen LogP contribution in [0.5, 0.6) is 5.75 Å². The Morgan fingerprint density at radius 1 is 1.41 bits per heavy atom. The van der Waals surface area contributed by atoms with Crippen molar-refractivity contribution in [2.75, 3.05) is 5.75 Å². The van der Waals surface area contributed by atoms with Crippen LogP contribution in [0.15, 0.2) is 29.2 Å². The van der Waals surface area contributed by atoms with Gasteiger partial charge < -0.3 is 14.9 Å². The minimum atomic E-state index is -0.889. The van der Waals surface area contributed by atoms with Crippen molar-refractivity contribution in [2.45, 2.75) is 29.9 Å². The molecule has 1 heterocycles. The molecule has 2 atom stereocenters.